The molecule has 3 rings (SSSR count). The van der Waals surface area contributed by atoms with Crippen LogP contribution < -0.4 is 19.5 Å². The third-order valence-corrected chi connectivity index (χ3v) is 5.25. The highest BCUT2D eigenvalue weighted by molar-refractivity contribution is 5.77. The fourth-order valence-electron chi connectivity index (χ4n) is 3.64. The summed E-state index contributed by atoms with van der Waals surface area (Å²) in [4.78, 5) is 14.8. The van der Waals surface area contributed by atoms with Crippen LogP contribution in [0.4, 0.5) is 0 Å². The Morgan fingerprint density at radius 1 is 1.03 bits per heavy atom. The third-order valence-electron chi connectivity index (χ3n) is 5.25. The summed E-state index contributed by atoms with van der Waals surface area (Å²) < 4.78 is 16.3. The predicted molar refractivity (Wildman–Crippen MR) is 113 cm³/mol. The van der Waals surface area contributed by atoms with Crippen LogP contribution in [0.3, 0.4) is 0 Å². The van der Waals surface area contributed by atoms with Gasteiger partial charge in [-0.1, -0.05) is 18.2 Å². The summed E-state index contributed by atoms with van der Waals surface area (Å²) in [6, 6.07) is 13.9. The first kappa shape index (κ1) is 21.0. The second-order valence-electron chi connectivity index (χ2n) is 7.28. The monoisotopic (exact) mass is 398 g/mol. The number of amides is 1. The van der Waals surface area contributed by atoms with Gasteiger partial charge in [-0.2, -0.15) is 0 Å². The van der Waals surface area contributed by atoms with E-state index in [1.807, 2.05) is 37.3 Å². The Labute approximate surface area is 172 Å². The van der Waals surface area contributed by atoms with Crippen LogP contribution in [0.15, 0.2) is 42.5 Å². The zero-order valence-electron chi connectivity index (χ0n) is 17.4. The number of ether oxygens (including phenoxy) is 3. The molecule has 156 valence electrons. The third kappa shape index (κ3) is 5.64. The number of hydrogen-bond acceptors (Lipinski definition) is 5. The molecule has 0 bridgehead atoms. The van der Waals surface area contributed by atoms with Gasteiger partial charge in [0.05, 0.1) is 20.3 Å². The maximum Gasteiger partial charge on any atom is 0.258 e. The molecular weight excluding hydrogens is 368 g/mol. The van der Waals surface area contributed by atoms with Gasteiger partial charge in [-0.05, 0) is 68.2 Å². The highest BCUT2D eigenvalue weighted by atomic mass is 16.5. The predicted octanol–water partition coefficient (Wildman–Crippen LogP) is 3.34. The molecule has 0 aliphatic carbocycles. The maximum atomic E-state index is 12.4. The minimum atomic E-state index is -0.148. The van der Waals surface area contributed by atoms with Crippen molar-refractivity contribution in [2.75, 3.05) is 40.5 Å². The number of methoxy groups -OCH3 is 2. The first-order chi connectivity index (χ1) is 14.1. The van der Waals surface area contributed by atoms with E-state index in [4.69, 9.17) is 14.2 Å². The normalized spacial score (nSPS) is 15.0. The van der Waals surface area contributed by atoms with Crippen molar-refractivity contribution < 1.29 is 19.0 Å². The summed E-state index contributed by atoms with van der Waals surface area (Å²) in [5, 5.41) is 3.03. The van der Waals surface area contributed by atoms with E-state index in [1.165, 1.54) is 18.4 Å². The lowest BCUT2D eigenvalue weighted by Gasteiger charge is -2.28. The number of carbonyl (C=O) groups is 1. The minimum absolute atomic E-state index is 0.0469. The van der Waals surface area contributed by atoms with Gasteiger partial charge in [0.1, 0.15) is 5.75 Å². The summed E-state index contributed by atoms with van der Waals surface area (Å²) in [6.45, 7) is 4.57. The summed E-state index contributed by atoms with van der Waals surface area (Å²) in [7, 11) is 3.26. The summed E-state index contributed by atoms with van der Waals surface area (Å²) in [5.74, 6) is 1.88. The second kappa shape index (κ2) is 10.2. The van der Waals surface area contributed by atoms with Gasteiger partial charge in [-0.3, -0.25) is 9.69 Å². The fourth-order valence-corrected chi connectivity index (χ4v) is 3.64. The van der Waals surface area contributed by atoms with Gasteiger partial charge < -0.3 is 19.5 Å². The van der Waals surface area contributed by atoms with Crippen LogP contribution in [-0.2, 0) is 4.79 Å². The summed E-state index contributed by atoms with van der Waals surface area (Å²) in [6.07, 6.45) is 2.38. The Balaban J connectivity index is 1.59. The standard InChI is InChI=1S/C23H30N2O4/c1-17-6-11-21(22(14-17)28-3)29-16-23(26)24-15-20(25-12-4-5-13-25)18-7-9-19(27-2)10-8-18/h6-11,14,20H,4-5,12-13,15-16H2,1-3H3,(H,24,26). The fraction of sp³-hybridized carbons (Fsp3) is 0.435. The SMILES string of the molecule is COc1ccc(C(CNC(=O)COc2ccc(C)cc2OC)N2CCCC2)cc1. The van der Waals surface area contributed by atoms with Gasteiger partial charge in [-0.15, -0.1) is 0 Å². The molecule has 1 amide bonds. The van der Waals surface area contributed by atoms with Crippen LogP contribution in [0.2, 0.25) is 0 Å². The molecule has 0 saturated carbocycles. The van der Waals surface area contributed by atoms with Crippen molar-refractivity contribution >= 4 is 5.91 Å². The van der Waals surface area contributed by atoms with Crippen LogP contribution in [0.1, 0.15) is 30.0 Å². The average molecular weight is 399 g/mol. The highest BCUT2D eigenvalue weighted by Crippen LogP contribution is 2.28. The second-order valence-corrected chi connectivity index (χ2v) is 7.28. The lowest BCUT2D eigenvalue weighted by atomic mass is 10.1. The van der Waals surface area contributed by atoms with Crippen LogP contribution in [-0.4, -0.2) is 51.3 Å². The van der Waals surface area contributed by atoms with Gasteiger partial charge in [-0.25, -0.2) is 0 Å². The molecule has 1 heterocycles. The lowest BCUT2D eigenvalue weighted by Crippen LogP contribution is -2.38. The molecule has 2 aromatic carbocycles. The number of nitrogens with zero attached hydrogens (tertiary/aromatic N) is 1. The van der Waals surface area contributed by atoms with Crippen molar-refractivity contribution in [1.82, 2.24) is 10.2 Å². The smallest absolute Gasteiger partial charge is 0.258 e. The topological polar surface area (TPSA) is 60.0 Å². The Morgan fingerprint density at radius 2 is 1.76 bits per heavy atom. The molecule has 1 aliphatic rings. The zero-order valence-corrected chi connectivity index (χ0v) is 17.4. The van der Waals surface area contributed by atoms with E-state index in [0.29, 0.717) is 18.0 Å². The molecule has 1 saturated heterocycles. The molecular formula is C23H30N2O4. The van der Waals surface area contributed by atoms with Gasteiger partial charge in [0.15, 0.2) is 18.1 Å². The molecule has 1 unspecified atom stereocenters. The van der Waals surface area contributed by atoms with Crippen LogP contribution in [0.5, 0.6) is 17.2 Å². The highest BCUT2D eigenvalue weighted by Gasteiger charge is 2.24. The van der Waals surface area contributed by atoms with Crippen molar-refractivity contribution in [2.24, 2.45) is 0 Å². The van der Waals surface area contributed by atoms with E-state index in [-0.39, 0.29) is 18.6 Å². The van der Waals surface area contributed by atoms with Gasteiger partial charge in [0.2, 0.25) is 0 Å². The largest absolute Gasteiger partial charge is 0.497 e. The summed E-state index contributed by atoms with van der Waals surface area (Å²) >= 11 is 0. The number of likely N-dealkylation sites (tertiary alicyclic amines) is 1. The zero-order chi connectivity index (χ0) is 20.6. The van der Waals surface area contributed by atoms with E-state index in [9.17, 15) is 4.79 Å². The lowest BCUT2D eigenvalue weighted by molar-refractivity contribution is -0.123. The van der Waals surface area contributed by atoms with Crippen molar-refractivity contribution in [1.29, 1.82) is 0 Å². The Kier molecular flexibility index (Phi) is 7.36. The number of aryl methyl sites for hydroxylation is 1. The molecule has 6 nitrogen and oxygen atoms in total. The molecule has 6 heteroatoms. The Bertz CT molecular complexity index is 801. The molecule has 1 aliphatic heterocycles. The van der Waals surface area contributed by atoms with Gasteiger partial charge in [0, 0.05) is 6.54 Å². The van der Waals surface area contributed by atoms with Crippen LogP contribution in [0, 0.1) is 6.92 Å². The van der Waals surface area contributed by atoms with E-state index in [2.05, 4.69) is 22.3 Å². The van der Waals surface area contributed by atoms with Gasteiger partial charge in [0.25, 0.3) is 5.91 Å². The number of rotatable bonds is 9. The number of nitrogens with one attached hydrogen (secondary N) is 1. The maximum absolute atomic E-state index is 12.4. The molecule has 0 spiro atoms. The first-order valence-corrected chi connectivity index (χ1v) is 10.0. The van der Waals surface area contributed by atoms with E-state index >= 15 is 0 Å². The van der Waals surface area contributed by atoms with Crippen LogP contribution in [0.25, 0.3) is 0 Å². The number of benzene rings is 2. The molecule has 1 fully saturated rings. The van der Waals surface area contributed by atoms with Crippen molar-refractivity contribution in [3.63, 3.8) is 0 Å². The Morgan fingerprint density at radius 3 is 2.41 bits per heavy atom. The van der Waals surface area contributed by atoms with E-state index in [1.54, 1.807) is 14.2 Å². The van der Waals surface area contributed by atoms with Crippen LogP contribution >= 0.6 is 0 Å². The summed E-state index contributed by atoms with van der Waals surface area (Å²) in [5.41, 5.74) is 2.25. The molecule has 0 aromatic heterocycles. The quantitative estimate of drug-likeness (QED) is 0.702. The van der Waals surface area contributed by atoms with E-state index in [0.717, 1.165) is 24.4 Å². The number of hydrogen-bond donors (Lipinski definition) is 1. The number of carbonyl (C=O) groups excluding carboxylic acids is 1. The van der Waals surface area contributed by atoms with Gasteiger partial charge >= 0.3 is 0 Å². The first-order valence-electron chi connectivity index (χ1n) is 10.0. The minimum Gasteiger partial charge on any atom is -0.497 e. The van der Waals surface area contributed by atoms with Crippen molar-refractivity contribution in [3.8, 4) is 17.2 Å². The molecule has 2 aromatic rings. The molecule has 0 radical (unpaired) electrons. The molecule has 1 N–H and O–H groups in total. The Hall–Kier alpha value is -2.73. The van der Waals surface area contributed by atoms with E-state index < -0.39 is 0 Å². The molecule has 29 heavy (non-hydrogen) atoms. The average Bonchev–Trinajstić information content (AvgIpc) is 3.28. The molecule has 1 atom stereocenters. The van der Waals surface area contributed by atoms with Crippen molar-refractivity contribution in [2.45, 2.75) is 25.8 Å². The van der Waals surface area contributed by atoms with Crippen molar-refractivity contribution in [3.05, 3.63) is 53.6 Å².